The Labute approximate surface area is 163 Å². The minimum Gasteiger partial charge on any atom is -0.480 e. The van der Waals surface area contributed by atoms with E-state index in [4.69, 9.17) is 9.47 Å². The van der Waals surface area contributed by atoms with Crippen LogP contribution in [0, 0.1) is 10.1 Å². The molecule has 2 aliphatic rings. The van der Waals surface area contributed by atoms with E-state index in [1.807, 2.05) is 0 Å². The SMILES string of the molecule is O=C(O)[C@@H]1Cc2cc3c(cc2CN1C(=O)O)OC(c1ccc([N+](=O)[O-])cc1)=CO3. The molecule has 1 atom stereocenters. The third-order valence-electron chi connectivity index (χ3n) is 4.80. The molecule has 29 heavy (non-hydrogen) atoms. The maximum absolute atomic E-state index is 11.4. The average molecular weight is 398 g/mol. The quantitative estimate of drug-likeness (QED) is 0.594. The summed E-state index contributed by atoms with van der Waals surface area (Å²) < 4.78 is 11.4. The van der Waals surface area contributed by atoms with E-state index >= 15 is 0 Å². The Morgan fingerprint density at radius 1 is 1.10 bits per heavy atom. The minimum atomic E-state index is -1.32. The number of hydrogen-bond donors (Lipinski definition) is 2. The van der Waals surface area contributed by atoms with Crippen molar-refractivity contribution < 1.29 is 34.2 Å². The highest BCUT2D eigenvalue weighted by Gasteiger charge is 2.35. The van der Waals surface area contributed by atoms with Crippen molar-refractivity contribution in [1.29, 1.82) is 0 Å². The van der Waals surface area contributed by atoms with E-state index in [-0.39, 0.29) is 18.7 Å². The zero-order chi connectivity index (χ0) is 20.7. The largest absolute Gasteiger partial charge is 0.480 e. The molecule has 10 heteroatoms. The van der Waals surface area contributed by atoms with Gasteiger partial charge < -0.3 is 19.7 Å². The zero-order valence-electron chi connectivity index (χ0n) is 14.8. The number of carbonyl (C=O) groups is 2. The average Bonchev–Trinajstić information content (AvgIpc) is 2.70. The number of nitro groups is 1. The fourth-order valence-corrected chi connectivity index (χ4v) is 3.32. The summed E-state index contributed by atoms with van der Waals surface area (Å²) in [4.78, 5) is 34.0. The zero-order valence-corrected chi connectivity index (χ0v) is 14.8. The molecule has 2 aromatic carbocycles. The smallest absolute Gasteiger partial charge is 0.408 e. The molecule has 2 N–H and O–H groups in total. The number of fused-ring (bicyclic) bond motifs is 2. The van der Waals surface area contributed by atoms with E-state index in [0.717, 1.165) is 4.90 Å². The van der Waals surface area contributed by atoms with Crippen molar-refractivity contribution in [3.05, 3.63) is 69.5 Å². The highest BCUT2D eigenvalue weighted by atomic mass is 16.6. The van der Waals surface area contributed by atoms with E-state index in [2.05, 4.69) is 0 Å². The molecule has 0 spiro atoms. The number of ether oxygens (including phenoxy) is 2. The molecule has 0 saturated heterocycles. The number of hydrogen-bond acceptors (Lipinski definition) is 6. The number of aliphatic carboxylic acids is 1. The Balaban J connectivity index is 1.62. The summed E-state index contributed by atoms with van der Waals surface area (Å²) in [5.74, 6) is -0.156. The monoisotopic (exact) mass is 398 g/mol. The molecule has 2 aliphatic heterocycles. The van der Waals surface area contributed by atoms with Crippen molar-refractivity contribution in [1.82, 2.24) is 4.90 Å². The second kappa shape index (κ2) is 6.82. The maximum Gasteiger partial charge on any atom is 0.408 e. The number of carboxylic acid groups (broad SMARTS) is 2. The molecule has 1 amide bonds. The molecule has 0 aliphatic carbocycles. The van der Waals surface area contributed by atoms with Gasteiger partial charge in [-0.3, -0.25) is 15.0 Å². The van der Waals surface area contributed by atoms with Crippen molar-refractivity contribution in [3.63, 3.8) is 0 Å². The summed E-state index contributed by atoms with van der Waals surface area (Å²) in [7, 11) is 0. The van der Waals surface area contributed by atoms with Crippen LogP contribution < -0.4 is 9.47 Å². The number of benzene rings is 2. The highest BCUT2D eigenvalue weighted by molar-refractivity contribution is 5.80. The molecule has 0 aromatic heterocycles. The van der Waals surface area contributed by atoms with Crippen LogP contribution in [-0.2, 0) is 17.8 Å². The number of nitrogens with zero attached hydrogens (tertiary/aromatic N) is 2. The van der Waals surface area contributed by atoms with Gasteiger partial charge in [0.05, 0.1) is 11.5 Å². The Hall–Kier alpha value is -4.08. The number of amides is 1. The van der Waals surface area contributed by atoms with Gasteiger partial charge in [-0.1, -0.05) is 0 Å². The van der Waals surface area contributed by atoms with Crippen molar-refractivity contribution in [2.75, 3.05) is 0 Å². The van der Waals surface area contributed by atoms with Crippen LogP contribution in [0.5, 0.6) is 11.5 Å². The lowest BCUT2D eigenvalue weighted by Gasteiger charge is -2.33. The molecule has 0 saturated carbocycles. The van der Waals surface area contributed by atoms with Crippen molar-refractivity contribution in [3.8, 4) is 11.5 Å². The summed E-state index contributed by atoms with van der Waals surface area (Å²) in [5, 5.41) is 29.4. The van der Waals surface area contributed by atoms with E-state index < -0.39 is 23.0 Å². The highest BCUT2D eigenvalue weighted by Crippen LogP contribution is 2.40. The molecule has 10 nitrogen and oxygen atoms in total. The fraction of sp³-hybridized carbons (Fsp3) is 0.158. The summed E-state index contributed by atoms with van der Waals surface area (Å²) in [5.41, 5.74) is 1.81. The minimum absolute atomic E-state index is 0.0204. The van der Waals surface area contributed by atoms with E-state index in [1.54, 1.807) is 12.1 Å². The molecular formula is C19H14N2O8. The van der Waals surface area contributed by atoms with Crippen LogP contribution in [0.3, 0.4) is 0 Å². The Kier molecular flexibility index (Phi) is 4.30. The van der Waals surface area contributed by atoms with Crippen molar-refractivity contribution in [2.45, 2.75) is 19.0 Å². The molecular weight excluding hydrogens is 384 g/mol. The Morgan fingerprint density at radius 2 is 1.79 bits per heavy atom. The van der Waals surface area contributed by atoms with Gasteiger partial charge in [0.15, 0.2) is 17.3 Å². The van der Waals surface area contributed by atoms with Gasteiger partial charge in [-0.05, 0) is 35.4 Å². The van der Waals surface area contributed by atoms with Crippen molar-refractivity contribution in [2.24, 2.45) is 0 Å². The summed E-state index contributed by atoms with van der Waals surface area (Å²) in [6, 6.07) is 7.84. The normalized spacial score (nSPS) is 17.2. The second-order valence-corrected chi connectivity index (χ2v) is 6.54. The lowest BCUT2D eigenvalue weighted by molar-refractivity contribution is -0.384. The summed E-state index contributed by atoms with van der Waals surface area (Å²) in [6.07, 6.45) is 0.0631. The number of nitro benzene ring substituents is 1. The van der Waals surface area contributed by atoms with Crippen molar-refractivity contribution >= 4 is 23.5 Å². The van der Waals surface area contributed by atoms with Gasteiger partial charge in [0.25, 0.3) is 5.69 Å². The van der Waals surface area contributed by atoms with Gasteiger partial charge >= 0.3 is 12.1 Å². The molecule has 0 radical (unpaired) electrons. The third kappa shape index (κ3) is 3.31. The molecule has 0 fully saturated rings. The van der Waals surface area contributed by atoms with Gasteiger partial charge in [-0.25, -0.2) is 9.59 Å². The van der Waals surface area contributed by atoms with Crippen LogP contribution in [-0.4, -0.2) is 38.1 Å². The standard InChI is InChI=1S/C19H14N2O8/c22-18(23)14-5-11-6-15-16(7-12(11)8-20(14)19(24)25)29-17(9-28-15)10-1-3-13(4-2-10)21(26)27/h1-4,6-7,9,14H,5,8H2,(H,22,23)(H,24,25)/t14-/m0/s1. The predicted octanol–water partition coefficient (Wildman–Crippen LogP) is 2.85. The first-order valence-electron chi connectivity index (χ1n) is 8.51. The topological polar surface area (TPSA) is 139 Å². The first-order chi connectivity index (χ1) is 13.8. The number of carboxylic acids is 1. The Morgan fingerprint density at radius 3 is 2.41 bits per heavy atom. The molecule has 0 bridgehead atoms. The van der Waals surface area contributed by atoms with E-state index in [9.17, 15) is 29.9 Å². The van der Waals surface area contributed by atoms with Crippen LogP contribution in [0.1, 0.15) is 16.7 Å². The van der Waals surface area contributed by atoms with Crippen LogP contribution in [0.2, 0.25) is 0 Å². The van der Waals surface area contributed by atoms with Crippen LogP contribution >= 0.6 is 0 Å². The number of rotatable bonds is 3. The van der Waals surface area contributed by atoms with Gasteiger partial charge in [-0.15, -0.1) is 0 Å². The lowest BCUT2D eigenvalue weighted by Crippen LogP contribution is -2.48. The van der Waals surface area contributed by atoms with Gasteiger partial charge in [-0.2, -0.15) is 0 Å². The van der Waals surface area contributed by atoms with Gasteiger partial charge in [0.2, 0.25) is 0 Å². The lowest BCUT2D eigenvalue weighted by atomic mass is 9.93. The van der Waals surface area contributed by atoms with Crippen LogP contribution in [0.15, 0.2) is 42.7 Å². The molecule has 148 valence electrons. The summed E-state index contributed by atoms with van der Waals surface area (Å²) >= 11 is 0. The molecule has 2 aromatic rings. The van der Waals surface area contributed by atoms with E-state index in [1.165, 1.54) is 30.5 Å². The first kappa shape index (κ1) is 18.3. The van der Waals surface area contributed by atoms with Crippen LogP contribution in [0.25, 0.3) is 5.76 Å². The predicted molar refractivity (Wildman–Crippen MR) is 97.5 cm³/mol. The summed E-state index contributed by atoms with van der Waals surface area (Å²) in [6.45, 7) is -0.0884. The molecule has 0 unspecified atom stereocenters. The maximum atomic E-state index is 11.4. The molecule has 2 heterocycles. The second-order valence-electron chi connectivity index (χ2n) is 6.54. The van der Waals surface area contributed by atoms with Gasteiger partial charge in [0, 0.05) is 24.1 Å². The number of non-ortho nitro benzene ring substituents is 1. The fourth-order valence-electron chi connectivity index (χ4n) is 3.32. The van der Waals surface area contributed by atoms with E-state index in [0.29, 0.717) is 33.9 Å². The van der Waals surface area contributed by atoms with Gasteiger partial charge in [0.1, 0.15) is 12.3 Å². The Bertz CT molecular complexity index is 1060. The molecule has 4 rings (SSSR count). The first-order valence-corrected chi connectivity index (χ1v) is 8.51. The third-order valence-corrected chi connectivity index (χ3v) is 4.80. The van der Waals surface area contributed by atoms with Crippen LogP contribution in [0.4, 0.5) is 10.5 Å².